The summed E-state index contributed by atoms with van der Waals surface area (Å²) in [5, 5.41) is 15.5. The summed E-state index contributed by atoms with van der Waals surface area (Å²) in [5.74, 6) is -0.940. The fourth-order valence-electron chi connectivity index (χ4n) is 3.52. The van der Waals surface area contributed by atoms with E-state index in [0.717, 1.165) is 0 Å². The minimum Gasteiger partial charge on any atom is -0.394 e. The number of carbonyl (C=O) groups is 1. The molecule has 1 aliphatic heterocycles. The number of nitrogens with zero attached hydrogens (tertiary/aromatic N) is 3. The molecule has 0 radical (unpaired) electrons. The van der Waals surface area contributed by atoms with Crippen LogP contribution in [0.1, 0.15) is 29.8 Å². The first-order chi connectivity index (χ1) is 15.2. The third-order valence-corrected chi connectivity index (χ3v) is 5.20. The Morgan fingerprint density at radius 3 is 2.62 bits per heavy atom. The van der Waals surface area contributed by atoms with Crippen LogP contribution in [0.3, 0.4) is 0 Å². The lowest BCUT2D eigenvalue weighted by Gasteiger charge is -2.32. The Hall–Kier alpha value is -3.59. The molecule has 9 heteroatoms. The molecule has 1 amide bonds. The molecule has 0 saturated carbocycles. The summed E-state index contributed by atoms with van der Waals surface area (Å²) >= 11 is 0. The minimum atomic E-state index is -0.761. The van der Waals surface area contributed by atoms with Gasteiger partial charge in [-0.05, 0) is 56.7 Å². The third-order valence-electron chi connectivity index (χ3n) is 5.20. The monoisotopic (exact) mass is 439 g/mol. The van der Waals surface area contributed by atoms with Crippen molar-refractivity contribution in [3.63, 3.8) is 0 Å². The zero-order valence-electron chi connectivity index (χ0n) is 17.9. The van der Waals surface area contributed by atoms with Gasteiger partial charge in [0.25, 0.3) is 5.91 Å². The highest BCUT2D eigenvalue weighted by atomic mass is 19.1. The van der Waals surface area contributed by atoms with Crippen molar-refractivity contribution in [3.05, 3.63) is 65.2 Å². The van der Waals surface area contributed by atoms with Gasteiger partial charge < -0.3 is 20.6 Å². The Morgan fingerprint density at radius 2 is 1.94 bits per heavy atom. The molecule has 2 heterocycles. The number of hydrogen-bond acceptors (Lipinski definition) is 6. The molecule has 1 aliphatic rings. The number of aryl methyl sites for hydroxylation is 1. The lowest BCUT2D eigenvalue weighted by molar-refractivity contribution is 0.0949. The summed E-state index contributed by atoms with van der Waals surface area (Å²) in [6.45, 7) is 5.05. The Bertz CT molecular complexity index is 1200. The van der Waals surface area contributed by atoms with E-state index in [1.165, 1.54) is 18.2 Å². The molecule has 0 aliphatic carbocycles. The van der Waals surface area contributed by atoms with Crippen molar-refractivity contribution in [2.75, 3.05) is 23.5 Å². The predicted molar refractivity (Wildman–Crippen MR) is 118 cm³/mol. The van der Waals surface area contributed by atoms with Crippen LogP contribution in [0, 0.1) is 18.6 Å². The molecule has 4 rings (SSSR count). The van der Waals surface area contributed by atoms with Gasteiger partial charge in [-0.1, -0.05) is 12.1 Å². The van der Waals surface area contributed by atoms with Crippen LogP contribution in [0.5, 0.6) is 0 Å². The quantitative estimate of drug-likeness (QED) is 0.561. The number of benzene rings is 2. The van der Waals surface area contributed by atoms with Crippen LogP contribution in [0.2, 0.25) is 0 Å². The normalized spacial score (nSPS) is 13.6. The lowest BCUT2D eigenvalue weighted by atomic mass is 9.99. The van der Waals surface area contributed by atoms with E-state index in [2.05, 4.69) is 20.6 Å². The van der Waals surface area contributed by atoms with Crippen LogP contribution >= 0.6 is 0 Å². The lowest BCUT2D eigenvalue weighted by Crippen LogP contribution is -2.43. The highest BCUT2D eigenvalue weighted by Gasteiger charge is 2.33. The van der Waals surface area contributed by atoms with Gasteiger partial charge in [0, 0.05) is 5.56 Å². The molecule has 3 N–H and O–H groups in total. The predicted octanol–water partition coefficient (Wildman–Crippen LogP) is 3.75. The molecule has 7 nitrogen and oxygen atoms in total. The SMILES string of the molecule is Cc1cc(F)ccc1-c1nc(NC(C)(C)CO)nc2c1C(=O)NCN2c1ccccc1F. The topological polar surface area (TPSA) is 90.4 Å². The maximum absolute atomic E-state index is 14.6. The number of aliphatic hydroxyl groups excluding tert-OH is 1. The summed E-state index contributed by atoms with van der Waals surface area (Å²) in [6.07, 6.45) is 0. The van der Waals surface area contributed by atoms with Crippen molar-refractivity contribution in [3.8, 4) is 11.3 Å². The molecule has 0 spiro atoms. The van der Waals surface area contributed by atoms with Gasteiger partial charge >= 0.3 is 0 Å². The zero-order valence-corrected chi connectivity index (χ0v) is 17.9. The first-order valence-corrected chi connectivity index (χ1v) is 10.1. The molecular formula is C23H23F2N5O2. The molecule has 0 fully saturated rings. The van der Waals surface area contributed by atoms with Gasteiger partial charge in [0.1, 0.15) is 17.2 Å². The van der Waals surface area contributed by atoms with E-state index in [0.29, 0.717) is 11.1 Å². The zero-order chi connectivity index (χ0) is 23.0. The van der Waals surface area contributed by atoms with Gasteiger partial charge in [-0.15, -0.1) is 0 Å². The number of hydrogen-bond donors (Lipinski definition) is 3. The number of para-hydroxylation sites is 1. The standard InChI is InChI=1S/C23H23F2N5O2/c1-13-10-14(24)8-9-15(13)19-18-20(28-22(27-19)29-23(2,3)11-31)30(12-26-21(18)32)17-7-5-4-6-16(17)25/h4-10,31H,11-12H2,1-3H3,(H,26,32)(H,27,28,29). The van der Waals surface area contributed by atoms with Crippen LogP contribution in [0.15, 0.2) is 42.5 Å². The van der Waals surface area contributed by atoms with E-state index < -0.39 is 23.1 Å². The first-order valence-electron chi connectivity index (χ1n) is 10.1. The fourth-order valence-corrected chi connectivity index (χ4v) is 3.52. The van der Waals surface area contributed by atoms with Crippen molar-refractivity contribution < 1.29 is 18.7 Å². The number of fused-ring (bicyclic) bond motifs is 1. The van der Waals surface area contributed by atoms with Crippen molar-refractivity contribution in [1.29, 1.82) is 0 Å². The van der Waals surface area contributed by atoms with E-state index in [9.17, 15) is 18.7 Å². The van der Waals surface area contributed by atoms with Gasteiger partial charge in [0.05, 0.1) is 30.2 Å². The number of aliphatic hydroxyl groups is 1. The number of anilines is 3. The molecular weight excluding hydrogens is 416 g/mol. The Balaban J connectivity index is 1.99. The summed E-state index contributed by atoms with van der Waals surface area (Å²) in [4.78, 5) is 23.5. The Kier molecular flexibility index (Phi) is 5.52. The van der Waals surface area contributed by atoms with Crippen LogP contribution in [-0.4, -0.2) is 39.8 Å². The molecule has 1 aromatic heterocycles. The van der Waals surface area contributed by atoms with E-state index in [-0.39, 0.29) is 42.0 Å². The highest BCUT2D eigenvalue weighted by molar-refractivity contribution is 6.07. The number of nitrogens with one attached hydrogen (secondary N) is 2. The van der Waals surface area contributed by atoms with Crippen LogP contribution < -0.4 is 15.5 Å². The van der Waals surface area contributed by atoms with Gasteiger partial charge in [0.15, 0.2) is 5.82 Å². The summed E-state index contributed by atoms with van der Waals surface area (Å²) in [7, 11) is 0. The number of amides is 1. The summed E-state index contributed by atoms with van der Waals surface area (Å²) in [6, 6.07) is 10.4. The largest absolute Gasteiger partial charge is 0.394 e. The third kappa shape index (κ3) is 3.99. The van der Waals surface area contributed by atoms with Gasteiger partial charge in [-0.25, -0.2) is 13.8 Å². The van der Waals surface area contributed by atoms with Crippen molar-refractivity contribution in [2.24, 2.45) is 0 Å². The molecule has 3 aromatic rings. The second-order valence-electron chi connectivity index (χ2n) is 8.26. The van der Waals surface area contributed by atoms with E-state index in [1.54, 1.807) is 49.9 Å². The summed E-state index contributed by atoms with van der Waals surface area (Å²) in [5.41, 5.74) is 1.03. The maximum atomic E-state index is 14.6. The first kappa shape index (κ1) is 21.6. The molecule has 166 valence electrons. The average Bonchev–Trinajstić information content (AvgIpc) is 2.74. The second-order valence-corrected chi connectivity index (χ2v) is 8.26. The molecule has 2 aromatic carbocycles. The fraction of sp³-hybridized carbons (Fsp3) is 0.261. The number of halogens is 2. The highest BCUT2D eigenvalue weighted by Crippen LogP contribution is 2.37. The Morgan fingerprint density at radius 1 is 1.19 bits per heavy atom. The number of rotatable bonds is 5. The van der Waals surface area contributed by atoms with Crippen LogP contribution in [0.4, 0.5) is 26.2 Å². The maximum Gasteiger partial charge on any atom is 0.258 e. The molecule has 0 saturated heterocycles. The molecule has 0 atom stereocenters. The molecule has 0 bridgehead atoms. The van der Waals surface area contributed by atoms with E-state index in [4.69, 9.17) is 0 Å². The Labute approximate surface area is 184 Å². The molecule has 32 heavy (non-hydrogen) atoms. The number of carbonyl (C=O) groups excluding carboxylic acids is 1. The van der Waals surface area contributed by atoms with Gasteiger partial charge in [-0.3, -0.25) is 4.79 Å². The van der Waals surface area contributed by atoms with Crippen molar-refractivity contribution in [2.45, 2.75) is 26.3 Å². The van der Waals surface area contributed by atoms with Crippen LogP contribution in [0.25, 0.3) is 11.3 Å². The van der Waals surface area contributed by atoms with Crippen LogP contribution in [-0.2, 0) is 0 Å². The van der Waals surface area contributed by atoms with E-state index in [1.807, 2.05) is 0 Å². The molecule has 0 unspecified atom stereocenters. The van der Waals surface area contributed by atoms with Gasteiger partial charge in [0.2, 0.25) is 5.95 Å². The van der Waals surface area contributed by atoms with Crippen molar-refractivity contribution in [1.82, 2.24) is 15.3 Å². The van der Waals surface area contributed by atoms with Gasteiger partial charge in [-0.2, -0.15) is 4.98 Å². The summed E-state index contributed by atoms with van der Waals surface area (Å²) < 4.78 is 28.4. The smallest absolute Gasteiger partial charge is 0.258 e. The average molecular weight is 439 g/mol. The minimum absolute atomic E-state index is 0.00839. The number of aromatic nitrogens is 2. The second kappa shape index (κ2) is 8.16. The van der Waals surface area contributed by atoms with Crippen molar-refractivity contribution >= 4 is 23.4 Å². The van der Waals surface area contributed by atoms with E-state index >= 15 is 0 Å².